The molecular formula is C26H35NO5. The van der Waals surface area contributed by atoms with Crippen LogP contribution in [0.3, 0.4) is 0 Å². The van der Waals surface area contributed by atoms with E-state index in [-0.39, 0.29) is 27.8 Å². The summed E-state index contributed by atoms with van der Waals surface area (Å²) in [5.74, 6) is -0.627. The van der Waals surface area contributed by atoms with Crippen molar-refractivity contribution in [2.45, 2.75) is 65.9 Å². The fourth-order valence-electron chi connectivity index (χ4n) is 3.90. The Labute approximate surface area is 190 Å². The highest BCUT2D eigenvalue weighted by molar-refractivity contribution is 5.99. The van der Waals surface area contributed by atoms with Crippen LogP contribution in [0.1, 0.15) is 70.8 Å². The molecule has 0 saturated carbocycles. The monoisotopic (exact) mass is 441 g/mol. The van der Waals surface area contributed by atoms with E-state index in [0.717, 1.165) is 6.42 Å². The third-order valence-corrected chi connectivity index (χ3v) is 5.19. The fourth-order valence-corrected chi connectivity index (χ4v) is 3.90. The Bertz CT molecular complexity index is 969. The molecule has 6 nitrogen and oxygen atoms in total. The van der Waals surface area contributed by atoms with Gasteiger partial charge in [0.05, 0.1) is 18.4 Å². The number of nitrogens with one attached hydrogen (secondary N) is 1. The van der Waals surface area contributed by atoms with E-state index in [9.17, 15) is 14.7 Å². The van der Waals surface area contributed by atoms with E-state index >= 15 is 0 Å². The van der Waals surface area contributed by atoms with Crippen molar-refractivity contribution in [3.8, 4) is 11.5 Å². The number of rotatable bonds is 7. The van der Waals surface area contributed by atoms with Gasteiger partial charge in [-0.15, -0.1) is 0 Å². The number of ether oxygens (including phenoxy) is 2. The molecule has 0 heterocycles. The standard InChI is InChI=1S/C26H35NO5/c1-24(2,3)16-25(4,5)18-10-12-19(13-11-18)32-26(6,7)23(30)27-20-15-17(22(29)31-8)9-14-21(20)28/h9-15,28H,16H2,1-8H3,(H,27,30). The number of anilines is 1. The molecule has 0 unspecified atom stereocenters. The number of carbonyl (C=O) groups is 2. The SMILES string of the molecule is COC(=O)c1ccc(O)c(NC(=O)C(C)(C)Oc2ccc(C(C)(C)CC(C)(C)C)cc2)c1. The lowest BCUT2D eigenvalue weighted by Gasteiger charge is -2.33. The largest absolute Gasteiger partial charge is 0.506 e. The zero-order valence-corrected chi connectivity index (χ0v) is 20.3. The lowest BCUT2D eigenvalue weighted by atomic mass is 9.72. The molecule has 6 heteroatoms. The number of aromatic hydroxyl groups is 1. The number of hydrogen-bond acceptors (Lipinski definition) is 5. The van der Waals surface area contributed by atoms with E-state index in [1.54, 1.807) is 13.8 Å². The van der Waals surface area contributed by atoms with Crippen molar-refractivity contribution in [3.63, 3.8) is 0 Å². The van der Waals surface area contributed by atoms with Crippen LogP contribution in [0.2, 0.25) is 0 Å². The fraction of sp³-hybridized carbons (Fsp3) is 0.462. The molecular weight excluding hydrogens is 406 g/mol. The Morgan fingerprint density at radius 2 is 1.53 bits per heavy atom. The van der Waals surface area contributed by atoms with Crippen molar-refractivity contribution < 1.29 is 24.2 Å². The average Bonchev–Trinajstić information content (AvgIpc) is 2.67. The van der Waals surface area contributed by atoms with Crippen LogP contribution >= 0.6 is 0 Å². The van der Waals surface area contributed by atoms with Gasteiger partial charge in [-0.05, 0) is 67.0 Å². The molecule has 0 spiro atoms. The molecule has 0 atom stereocenters. The quantitative estimate of drug-likeness (QED) is 0.426. The van der Waals surface area contributed by atoms with Gasteiger partial charge in [0.25, 0.3) is 5.91 Å². The molecule has 0 aromatic heterocycles. The molecule has 0 aliphatic heterocycles. The van der Waals surface area contributed by atoms with Gasteiger partial charge < -0.3 is 19.9 Å². The lowest BCUT2D eigenvalue weighted by molar-refractivity contribution is -0.128. The van der Waals surface area contributed by atoms with Crippen LogP contribution in [0, 0.1) is 5.41 Å². The molecule has 0 aliphatic rings. The van der Waals surface area contributed by atoms with Crippen molar-refractivity contribution in [3.05, 3.63) is 53.6 Å². The van der Waals surface area contributed by atoms with Crippen LogP contribution in [0.5, 0.6) is 11.5 Å². The number of amides is 1. The average molecular weight is 442 g/mol. The number of benzene rings is 2. The second-order valence-electron chi connectivity index (χ2n) is 10.4. The maximum absolute atomic E-state index is 12.9. The van der Waals surface area contributed by atoms with Gasteiger partial charge in [0.15, 0.2) is 5.60 Å². The predicted octanol–water partition coefficient (Wildman–Crippen LogP) is 5.69. The zero-order valence-electron chi connectivity index (χ0n) is 20.3. The van der Waals surface area contributed by atoms with E-state index < -0.39 is 17.5 Å². The molecule has 0 saturated heterocycles. The van der Waals surface area contributed by atoms with Gasteiger partial charge in [0.2, 0.25) is 0 Å². The number of methoxy groups -OCH3 is 1. The van der Waals surface area contributed by atoms with Gasteiger partial charge in [-0.1, -0.05) is 46.8 Å². The van der Waals surface area contributed by atoms with Crippen LogP contribution in [0.4, 0.5) is 5.69 Å². The summed E-state index contributed by atoms with van der Waals surface area (Å²) in [4.78, 5) is 24.6. The molecule has 2 aromatic carbocycles. The lowest BCUT2D eigenvalue weighted by Crippen LogP contribution is -2.42. The number of phenolic OH excluding ortho intramolecular Hbond substituents is 1. The van der Waals surface area contributed by atoms with Gasteiger partial charge in [-0.25, -0.2) is 4.79 Å². The Kier molecular flexibility index (Phi) is 7.28. The van der Waals surface area contributed by atoms with Crippen molar-refractivity contribution in [1.29, 1.82) is 0 Å². The molecule has 2 rings (SSSR count). The Morgan fingerprint density at radius 1 is 0.938 bits per heavy atom. The Balaban J connectivity index is 2.14. The Hall–Kier alpha value is -3.02. The number of carbonyl (C=O) groups excluding carboxylic acids is 2. The number of hydrogen-bond donors (Lipinski definition) is 2. The first-order valence-electron chi connectivity index (χ1n) is 10.7. The van der Waals surface area contributed by atoms with E-state index in [1.807, 2.05) is 24.3 Å². The second kappa shape index (κ2) is 9.23. The van der Waals surface area contributed by atoms with Gasteiger partial charge >= 0.3 is 5.97 Å². The normalized spacial score (nSPS) is 12.2. The summed E-state index contributed by atoms with van der Waals surface area (Å²) >= 11 is 0. The summed E-state index contributed by atoms with van der Waals surface area (Å²) in [6.07, 6.45) is 1.03. The molecule has 1 amide bonds. The van der Waals surface area contributed by atoms with Crippen LogP contribution in [0.25, 0.3) is 0 Å². The number of esters is 1. The molecule has 0 bridgehead atoms. The third kappa shape index (κ3) is 6.49. The molecule has 2 N–H and O–H groups in total. The van der Waals surface area contributed by atoms with Crippen LogP contribution in [-0.2, 0) is 14.9 Å². The maximum Gasteiger partial charge on any atom is 0.337 e. The summed E-state index contributed by atoms with van der Waals surface area (Å²) in [7, 11) is 1.26. The summed E-state index contributed by atoms with van der Waals surface area (Å²) in [6, 6.07) is 11.9. The van der Waals surface area contributed by atoms with Crippen LogP contribution in [0.15, 0.2) is 42.5 Å². The maximum atomic E-state index is 12.9. The summed E-state index contributed by atoms with van der Waals surface area (Å²) in [5.41, 5.74) is 0.505. The van der Waals surface area contributed by atoms with Gasteiger partial charge in [-0.2, -0.15) is 0 Å². The van der Waals surface area contributed by atoms with E-state index in [4.69, 9.17) is 4.74 Å². The summed E-state index contributed by atoms with van der Waals surface area (Å²) < 4.78 is 10.6. The second-order valence-corrected chi connectivity index (χ2v) is 10.4. The first-order chi connectivity index (χ1) is 14.6. The molecule has 0 fully saturated rings. The molecule has 2 aromatic rings. The minimum atomic E-state index is -1.23. The van der Waals surface area contributed by atoms with E-state index in [2.05, 4.69) is 44.7 Å². The third-order valence-electron chi connectivity index (χ3n) is 5.19. The molecule has 174 valence electrons. The van der Waals surface area contributed by atoms with Gasteiger partial charge in [-0.3, -0.25) is 4.79 Å². The first-order valence-corrected chi connectivity index (χ1v) is 10.7. The Morgan fingerprint density at radius 3 is 2.06 bits per heavy atom. The topological polar surface area (TPSA) is 84.9 Å². The van der Waals surface area contributed by atoms with Crippen molar-refractivity contribution in [2.75, 3.05) is 12.4 Å². The van der Waals surface area contributed by atoms with Crippen molar-refractivity contribution >= 4 is 17.6 Å². The van der Waals surface area contributed by atoms with Crippen molar-refractivity contribution in [1.82, 2.24) is 0 Å². The zero-order chi connectivity index (χ0) is 24.3. The molecule has 0 radical (unpaired) electrons. The highest BCUT2D eigenvalue weighted by Gasteiger charge is 2.32. The van der Waals surface area contributed by atoms with E-state index in [1.165, 1.54) is 30.9 Å². The minimum absolute atomic E-state index is 0.00581. The highest BCUT2D eigenvalue weighted by atomic mass is 16.5. The number of phenols is 1. The van der Waals surface area contributed by atoms with Crippen LogP contribution < -0.4 is 10.1 Å². The molecule has 32 heavy (non-hydrogen) atoms. The minimum Gasteiger partial charge on any atom is -0.506 e. The highest BCUT2D eigenvalue weighted by Crippen LogP contribution is 2.37. The first kappa shape index (κ1) is 25.2. The smallest absolute Gasteiger partial charge is 0.337 e. The van der Waals surface area contributed by atoms with Gasteiger partial charge in [0.1, 0.15) is 11.5 Å². The van der Waals surface area contributed by atoms with Crippen molar-refractivity contribution in [2.24, 2.45) is 5.41 Å². The van der Waals surface area contributed by atoms with E-state index in [0.29, 0.717) is 5.75 Å². The van der Waals surface area contributed by atoms with Crippen LogP contribution in [-0.4, -0.2) is 29.7 Å². The predicted molar refractivity (Wildman–Crippen MR) is 126 cm³/mol. The summed E-state index contributed by atoms with van der Waals surface area (Å²) in [5, 5.41) is 12.7. The summed E-state index contributed by atoms with van der Waals surface area (Å²) in [6.45, 7) is 14.4. The molecule has 0 aliphatic carbocycles. The van der Waals surface area contributed by atoms with Gasteiger partial charge in [0, 0.05) is 0 Å².